The van der Waals surface area contributed by atoms with E-state index in [9.17, 15) is 18.1 Å². The van der Waals surface area contributed by atoms with Gasteiger partial charge in [-0.05, 0) is 18.0 Å². The largest absolute Gasteiger partial charge is 0.546 e. The standard InChI is InChI=1S/C21H30N6O5S3/c1-5-26-7-9-27(10-8-26)35(30,31)20-16(28)15(13-33-20)22-18-19(25-34(29)24-18)23-17(21(2,3)4)14-6-11-32-12-14/h6,11-13,17,28H,5,7-10H2,1-4H3,(H,22,24)(H,23,25)/t17-,34?/m0/s1. The van der Waals surface area contributed by atoms with Gasteiger partial charge in [-0.2, -0.15) is 4.31 Å². The number of aromatic nitrogens is 2. The Morgan fingerprint density at radius 1 is 1.26 bits per heavy atom. The molecule has 3 N–H and O–H groups in total. The lowest BCUT2D eigenvalue weighted by Crippen LogP contribution is -2.48. The normalized spacial score (nSPS) is 17.5. The Morgan fingerprint density at radius 2 is 1.94 bits per heavy atom. The highest BCUT2D eigenvalue weighted by Crippen LogP contribution is 2.43. The van der Waals surface area contributed by atoms with E-state index in [2.05, 4.69) is 24.3 Å². The maximum atomic E-state index is 13.2. The van der Waals surface area contributed by atoms with E-state index in [4.69, 9.17) is 4.42 Å². The van der Waals surface area contributed by atoms with Crippen molar-refractivity contribution in [1.29, 1.82) is 0 Å². The summed E-state index contributed by atoms with van der Waals surface area (Å²) >= 11 is -0.928. The van der Waals surface area contributed by atoms with Crippen LogP contribution in [0.1, 0.15) is 39.3 Å². The number of anilines is 3. The van der Waals surface area contributed by atoms with Gasteiger partial charge in [0.2, 0.25) is 11.6 Å². The molecule has 4 rings (SSSR count). The molecular weight excluding hydrogens is 512 g/mol. The number of likely N-dealkylation sites (N-methyl/N-ethyl adjacent to an activating group) is 1. The SMILES string of the molecule is CCN1CCN(S(=O)(=O)c2scc(Nc3n[s+]([O-])nc3N[C@@H](c3ccoc3)C(C)(C)C)c2O)CC1. The molecule has 0 aromatic carbocycles. The third-order valence-electron chi connectivity index (χ3n) is 5.92. The van der Waals surface area contributed by atoms with Crippen molar-refractivity contribution in [2.24, 2.45) is 5.41 Å². The highest BCUT2D eigenvalue weighted by Gasteiger charge is 2.34. The Morgan fingerprint density at radius 3 is 2.54 bits per heavy atom. The number of thiophene rings is 1. The summed E-state index contributed by atoms with van der Waals surface area (Å²) in [5.41, 5.74) is 0.783. The lowest BCUT2D eigenvalue weighted by molar-refractivity contribution is 0.196. The fourth-order valence-corrected chi connectivity index (χ4v) is 7.37. The fraction of sp³-hybridized carbons (Fsp3) is 0.524. The highest BCUT2D eigenvalue weighted by atomic mass is 32.2. The van der Waals surface area contributed by atoms with Crippen LogP contribution in [0.5, 0.6) is 5.75 Å². The summed E-state index contributed by atoms with van der Waals surface area (Å²) < 4.78 is 53.1. The van der Waals surface area contributed by atoms with Gasteiger partial charge in [-0.3, -0.25) is 0 Å². The van der Waals surface area contributed by atoms with E-state index in [1.165, 1.54) is 9.69 Å². The van der Waals surface area contributed by atoms with Crippen LogP contribution in [0.25, 0.3) is 0 Å². The molecule has 14 heteroatoms. The highest BCUT2D eigenvalue weighted by molar-refractivity contribution is 7.91. The third kappa shape index (κ3) is 5.47. The number of piperazine rings is 1. The predicted octanol–water partition coefficient (Wildman–Crippen LogP) is 3.83. The van der Waals surface area contributed by atoms with Gasteiger partial charge in [-0.15, -0.1) is 11.3 Å². The van der Waals surface area contributed by atoms with Crippen LogP contribution in [0.3, 0.4) is 0 Å². The zero-order valence-electron chi connectivity index (χ0n) is 20.0. The third-order valence-corrected chi connectivity index (χ3v) is 9.99. The Hall–Kier alpha value is -2.23. The molecular formula is C21H30N6O5S3. The number of furan rings is 1. The minimum atomic E-state index is -3.85. The first-order valence-corrected chi connectivity index (χ1v) is 14.6. The van der Waals surface area contributed by atoms with Gasteiger partial charge in [0.25, 0.3) is 10.0 Å². The van der Waals surface area contributed by atoms with Gasteiger partial charge >= 0.3 is 0 Å². The smallest absolute Gasteiger partial charge is 0.256 e. The molecule has 3 aromatic heterocycles. The quantitative estimate of drug-likeness (QED) is 0.359. The van der Waals surface area contributed by atoms with Crippen LogP contribution < -0.4 is 10.6 Å². The summed E-state index contributed by atoms with van der Waals surface area (Å²) in [7, 11) is -3.85. The summed E-state index contributed by atoms with van der Waals surface area (Å²) in [5, 5.41) is 18.5. The molecule has 0 amide bonds. The summed E-state index contributed by atoms with van der Waals surface area (Å²) in [5.74, 6) is -0.000279. The van der Waals surface area contributed by atoms with E-state index in [1.54, 1.807) is 12.5 Å². The minimum Gasteiger partial charge on any atom is -0.546 e. The van der Waals surface area contributed by atoms with Crippen LogP contribution in [0.4, 0.5) is 17.3 Å². The molecule has 192 valence electrons. The molecule has 11 nitrogen and oxygen atoms in total. The van der Waals surface area contributed by atoms with Crippen molar-refractivity contribution in [3.05, 3.63) is 29.5 Å². The van der Waals surface area contributed by atoms with Gasteiger partial charge in [0, 0.05) is 45.9 Å². The maximum Gasteiger partial charge on any atom is 0.256 e. The molecule has 2 atom stereocenters. The van der Waals surface area contributed by atoms with Crippen LogP contribution in [0.2, 0.25) is 0 Å². The minimum absolute atomic E-state index is 0.137. The molecule has 35 heavy (non-hydrogen) atoms. The number of rotatable bonds is 8. The van der Waals surface area contributed by atoms with Gasteiger partial charge in [0.15, 0.2) is 21.1 Å². The van der Waals surface area contributed by atoms with E-state index < -0.39 is 26.9 Å². The topological polar surface area (TPSA) is 147 Å². The number of nitrogens with zero attached hydrogens (tertiary/aromatic N) is 4. The molecule has 1 fully saturated rings. The van der Waals surface area contributed by atoms with Crippen LogP contribution in [0, 0.1) is 5.41 Å². The van der Waals surface area contributed by atoms with Gasteiger partial charge < -0.3 is 29.6 Å². The van der Waals surface area contributed by atoms with Gasteiger partial charge in [0.05, 0.1) is 24.3 Å². The second kappa shape index (κ2) is 10.0. The zero-order chi connectivity index (χ0) is 25.4. The molecule has 1 saturated heterocycles. The van der Waals surface area contributed by atoms with Crippen LogP contribution in [-0.2, 0) is 10.0 Å². The monoisotopic (exact) mass is 542 g/mol. The summed E-state index contributed by atoms with van der Waals surface area (Å²) in [6, 6.07) is 1.60. The number of sulfonamides is 1. The van der Waals surface area contributed by atoms with E-state index >= 15 is 0 Å². The van der Waals surface area contributed by atoms with Crippen molar-refractivity contribution in [3.8, 4) is 5.75 Å². The molecule has 3 aromatic rings. The van der Waals surface area contributed by atoms with Crippen molar-refractivity contribution in [3.63, 3.8) is 0 Å². The maximum absolute atomic E-state index is 13.2. The van der Waals surface area contributed by atoms with E-state index in [0.29, 0.717) is 26.2 Å². The number of nitrogens with one attached hydrogen (secondary N) is 2. The lowest BCUT2D eigenvalue weighted by Gasteiger charge is -2.32. The molecule has 1 aliphatic rings. The van der Waals surface area contributed by atoms with E-state index in [-0.39, 0.29) is 33.0 Å². The average Bonchev–Trinajstić information content (AvgIpc) is 3.53. The first kappa shape index (κ1) is 25.9. The Bertz CT molecular complexity index is 1240. The number of hydrogen-bond donors (Lipinski definition) is 3. The summed E-state index contributed by atoms with van der Waals surface area (Å²) in [4.78, 5) is 2.17. The van der Waals surface area contributed by atoms with Gasteiger partial charge in [-0.25, -0.2) is 8.42 Å². The summed E-state index contributed by atoms with van der Waals surface area (Å²) in [6.07, 6.45) is 3.20. The molecule has 1 aliphatic heterocycles. The van der Waals surface area contributed by atoms with Crippen molar-refractivity contribution in [1.82, 2.24) is 18.0 Å². The molecule has 1 unspecified atom stereocenters. The molecule has 0 saturated carbocycles. The van der Waals surface area contributed by atoms with Gasteiger partial charge in [0.1, 0.15) is 0 Å². The lowest BCUT2D eigenvalue weighted by atomic mass is 9.83. The summed E-state index contributed by atoms with van der Waals surface area (Å²) in [6.45, 7) is 11.0. The first-order chi connectivity index (χ1) is 16.5. The van der Waals surface area contributed by atoms with Crippen molar-refractivity contribution < 1.29 is 22.5 Å². The van der Waals surface area contributed by atoms with Crippen molar-refractivity contribution in [2.45, 2.75) is 37.9 Å². The molecule has 0 spiro atoms. The molecule has 0 bridgehead atoms. The van der Waals surface area contributed by atoms with Crippen molar-refractivity contribution >= 4 is 49.8 Å². The number of hydrogen-bond acceptors (Lipinski definition) is 11. The van der Waals surface area contributed by atoms with Crippen LogP contribution >= 0.6 is 22.5 Å². The zero-order valence-corrected chi connectivity index (χ0v) is 22.5. The Balaban J connectivity index is 1.57. The van der Waals surface area contributed by atoms with Crippen LogP contribution in [0.15, 0.2) is 32.6 Å². The Kier molecular flexibility index (Phi) is 7.41. The number of aromatic hydroxyl groups is 1. The average molecular weight is 543 g/mol. The molecule has 0 aliphatic carbocycles. The van der Waals surface area contributed by atoms with E-state index in [1.807, 2.05) is 33.8 Å². The fourth-order valence-electron chi connectivity index (χ4n) is 3.95. The second-order valence-electron chi connectivity index (χ2n) is 9.36. The first-order valence-electron chi connectivity index (χ1n) is 11.2. The van der Waals surface area contributed by atoms with E-state index in [0.717, 1.165) is 23.4 Å². The predicted molar refractivity (Wildman–Crippen MR) is 135 cm³/mol. The van der Waals surface area contributed by atoms with Crippen LogP contribution in [-0.4, -0.2) is 68.8 Å². The van der Waals surface area contributed by atoms with Gasteiger partial charge in [-0.1, -0.05) is 27.7 Å². The molecule has 0 radical (unpaired) electrons. The molecule has 4 heterocycles. The van der Waals surface area contributed by atoms with Crippen molar-refractivity contribution in [2.75, 3.05) is 43.4 Å². The second-order valence-corrected chi connectivity index (χ2v) is 13.2. The Labute approximate surface area is 211 Å².